The summed E-state index contributed by atoms with van der Waals surface area (Å²) < 4.78 is 10.4. The molecule has 1 rings (SSSR count). The van der Waals surface area contributed by atoms with Crippen LogP contribution in [-0.4, -0.2) is 19.2 Å². The van der Waals surface area contributed by atoms with Crippen molar-refractivity contribution < 1.29 is 14.3 Å². The number of hydrogen-bond donors (Lipinski definition) is 0. The molecule has 28 heavy (non-hydrogen) atoms. The average Bonchev–Trinajstić information content (AvgIpc) is 2.69. The predicted molar refractivity (Wildman–Crippen MR) is 112 cm³/mol. The van der Waals surface area contributed by atoms with Gasteiger partial charge in [-0.2, -0.15) is 0 Å². The minimum absolute atomic E-state index is 0.161. The molecule has 0 heterocycles. The first-order chi connectivity index (χ1) is 13.7. The van der Waals surface area contributed by atoms with Gasteiger partial charge in [0, 0.05) is 12.8 Å². The lowest BCUT2D eigenvalue weighted by Gasteiger charge is -2.01. The number of rotatable bonds is 6. The van der Waals surface area contributed by atoms with Crippen molar-refractivity contribution in [3.63, 3.8) is 0 Å². The lowest BCUT2D eigenvalue weighted by Crippen LogP contribution is -2.02. The number of unbranched alkanes of at least 4 members (excludes halogenated alkanes) is 1. The van der Waals surface area contributed by atoms with Gasteiger partial charge in [-0.15, -0.1) is 5.92 Å². The highest BCUT2D eigenvalue weighted by atomic mass is 16.5. The van der Waals surface area contributed by atoms with Crippen molar-refractivity contribution in [3.8, 4) is 53.1 Å². The average molecular weight is 374 g/mol. The van der Waals surface area contributed by atoms with Gasteiger partial charge in [-0.3, -0.25) is 4.79 Å². The van der Waals surface area contributed by atoms with E-state index in [4.69, 9.17) is 9.47 Å². The first kappa shape index (κ1) is 22.8. The second kappa shape index (κ2) is 15.9. The number of ether oxygens (including phenoxy) is 2. The van der Waals surface area contributed by atoms with Gasteiger partial charge in [0.05, 0.1) is 25.9 Å². The van der Waals surface area contributed by atoms with Gasteiger partial charge in [0.1, 0.15) is 12.4 Å². The van der Waals surface area contributed by atoms with Crippen molar-refractivity contribution in [2.45, 2.75) is 52.4 Å². The maximum Gasteiger partial charge on any atom is 0.305 e. The van der Waals surface area contributed by atoms with E-state index in [9.17, 15) is 4.79 Å². The SMILES string of the molecule is CCOC(=O)CCCC#CCC#CCC#CCC#CCOc1ccc(C)cc1. The molecule has 144 valence electrons. The van der Waals surface area contributed by atoms with Gasteiger partial charge in [-0.05, 0) is 32.4 Å². The third kappa shape index (κ3) is 13.0. The van der Waals surface area contributed by atoms with Crippen molar-refractivity contribution in [2.75, 3.05) is 13.2 Å². The van der Waals surface area contributed by atoms with E-state index in [2.05, 4.69) is 47.4 Å². The van der Waals surface area contributed by atoms with Gasteiger partial charge in [0.2, 0.25) is 0 Å². The summed E-state index contributed by atoms with van der Waals surface area (Å²) in [5.74, 6) is 24.4. The molecule has 3 heteroatoms. The topological polar surface area (TPSA) is 35.5 Å². The molecule has 3 nitrogen and oxygen atoms in total. The van der Waals surface area contributed by atoms with Crippen LogP contribution < -0.4 is 4.74 Å². The van der Waals surface area contributed by atoms with Gasteiger partial charge >= 0.3 is 5.97 Å². The molecule has 0 saturated heterocycles. The molecule has 0 aliphatic rings. The molecule has 0 amide bonds. The summed E-state index contributed by atoms with van der Waals surface area (Å²) in [6, 6.07) is 7.88. The molecule has 0 aromatic heterocycles. The van der Waals surface area contributed by atoms with E-state index in [-0.39, 0.29) is 5.97 Å². The Morgan fingerprint density at radius 2 is 1.43 bits per heavy atom. The molecule has 0 atom stereocenters. The van der Waals surface area contributed by atoms with Crippen LogP contribution in [0.15, 0.2) is 24.3 Å². The molecule has 1 aromatic rings. The zero-order valence-electron chi connectivity index (χ0n) is 16.7. The largest absolute Gasteiger partial charge is 0.481 e. The smallest absolute Gasteiger partial charge is 0.305 e. The molecule has 0 bridgehead atoms. The summed E-state index contributed by atoms with van der Waals surface area (Å²) in [5, 5.41) is 0. The molecule has 0 radical (unpaired) electrons. The van der Waals surface area contributed by atoms with E-state index in [0.29, 0.717) is 45.3 Å². The van der Waals surface area contributed by atoms with Crippen molar-refractivity contribution in [1.82, 2.24) is 0 Å². The molecular formula is C25H26O3. The van der Waals surface area contributed by atoms with Gasteiger partial charge in [-0.1, -0.05) is 59.1 Å². The zero-order valence-corrected chi connectivity index (χ0v) is 16.7. The Bertz CT molecular complexity index is 835. The van der Waals surface area contributed by atoms with E-state index in [0.717, 1.165) is 12.2 Å². The van der Waals surface area contributed by atoms with Gasteiger partial charge in [-0.25, -0.2) is 0 Å². The summed E-state index contributed by atoms with van der Waals surface area (Å²) in [7, 11) is 0. The predicted octanol–water partition coefficient (Wildman–Crippen LogP) is 4.29. The van der Waals surface area contributed by atoms with Crippen LogP contribution in [0.5, 0.6) is 5.75 Å². The van der Waals surface area contributed by atoms with Crippen molar-refractivity contribution in [3.05, 3.63) is 29.8 Å². The quantitative estimate of drug-likeness (QED) is 0.423. The number of esters is 1. The monoisotopic (exact) mass is 374 g/mol. The number of benzene rings is 1. The summed E-state index contributed by atoms with van der Waals surface area (Å²) in [6.45, 7) is 4.63. The van der Waals surface area contributed by atoms with Crippen LogP contribution in [0, 0.1) is 54.3 Å². The van der Waals surface area contributed by atoms with E-state index >= 15 is 0 Å². The molecule has 0 fully saturated rings. The van der Waals surface area contributed by atoms with Crippen molar-refractivity contribution in [2.24, 2.45) is 0 Å². The standard InChI is InChI=1S/C25H26O3/c1-3-27-25(26)17-15-13-11-9-7-5-4-6-8-10-12-14-16-22-28-24-20-18-23(2)19-21-24/h18-21H,3,6-7,12-13,15,17,22H2,1-2H3. The normalized spacial score (nSPS) is 8.50. The van der Waals surface area contributed by atoms with E-state index in [1.54, 1.807) is 6.92 Å². The van der Waals surface area contributed by atoms with Crippen molar-refractivity contribution in [1.29, 1.82) is 0 Å². The highest BCUT2D eigenvalue weighted by Crippen LogP contribution is 2.10. The Morgan fingerprint density at radius 1 is 0.857 bits per heavy atom. The lowest BCUT2D eigenvalue weighted by molar-refractivity contribution is -0.143. The molecule has 0 N–H and O–H groups in total. The maximum absolute atomic E-state index is 11.1. The second-order valence-corrected chi connectivity index (χ2v) is 5.70. The van der Waals surface area contributed by atoms with Gasteiger partial charge in [0.25, 0.3) is 0 Å². The second-order valence-electron chi connectivity index (χ2n) is 5.70. The summed E-state index contributed by atoms with van der Waals surface area (Å²) in [6.07, 6.45) is 3.39. The number of hydrogen-bond acceptors (Lipinski definition) is 3. The third-order valence-corrected chi connectivity index (χ3v) is 3.35. The molecule has 0 saturated carbocycles. The first-order valence-corrected chi connectivity index (χ1v) is 9.40. The number of aryl methyl sites for hydroxylation is 1. The fraction of sp³-hybridized carbons (Fsp3) is 0.400. The molecular weight excluding hydrogens is 348 g/mol. The number of carbonyl (C=O) groups is 1. The van der Waals surface area contributed by atoms with E-state index in [1.807, 2.05) is 31.2 Å². The van der Waals surface area contributed by atoms with Crippen LogP contribution in [0.3, 0.4) is 0 Å². The highest BCUT2D eigenvalue weighted by Gasteiger charge is 1.98. The van der Waals surface area contributed by atoms with Crippen LogP contribution in [-0.2, 0) is 9.53 Å². The van der Waals surface area contributed by atoms with Crippen LogP contribution in [0.2, 0.25) is 0 Å². The maximum atomic E-state index is 11.1. The Balaban J connectivity index is 2.06. The minimum Gasteiger partial charge on any atom is -0.481 e. The van der Waals surface area contributed by atoms with Gasteiger partial charge < -0.3 is 9.47 Å². The van der Waals surface area contributed by atoms with E-state index in [1.165, 1.54) is 5.56 Å². The third-order valence-electron chi connectivity index (χ3n) is 3.35. The Kier molecular flexibility index (Phi) is 13.0. The lowest BCUT2D eigenvalue weighted by atomic mass is 10.2. The Hall–Kier alpha value is -3.27. The first-order valence-electron chi connectivity index (χ1n) is 9.40. The molecule has 1 aromatic carbocycles. The fourth-order valence-electron chi connectivity index (χ4n) is 1.96. The van der Waals surface area contributed by atoms with Crippen LogP contribution in [0.1, 0.15) is 51.0 Å². The molecule has 0 aliphatic heterocycles. The highest BCUT2D eigenvalue weighted by molar-refractivity contribution is 5.69. The molecule has 0 unspecified atom stereocenters. The molecule has 0 spiro atoms. The molecule has 0 aliphatic carbocycles. The summed E-state index contributed by atoms with van der Waals surface area (Å²) in [4.78, 5) is 11.1. The fourth-order valence-corrected chi connectivity index (χ4v) is 1.96. The van der Waals surface area contributed by atoms with Crippen LogP contribution in [0.4, 0.5) is 0 Å². The van der Waals surface area contributed by atoms with Crippen LogP contribution >= 0.6 is 0 Å². The van der Waals surface area contributed by atoms with Crippen molar-refractivity contribution >= 4 is 5.97 Å². The van der Waals surface area contributed by atoms with E-state index < -0.39 is 0 Å². The number of carbonyl (C=O) groups excluding carboxylic acids is 1. The van der Waals surface area contributed by atoms with Gasteiger partial charge in [0.15, 0.2) is 0 Å². The zero-order chi connectivity index (χ0) is 20.3. The minimum atomic E-state index is -0.161. The Morgan fingerprint density at radius 3 is 2.04 bits per heavy atom. The summed E-state index contributed by atoms with van der Waals surface area (Å²) in [5.41, 5.74) is 1.20. The Labute approximate surface area is 169 Å². The van der Waals surface area contributed by atoms with Crippen LogP contribution in [0.25, 0.3) is 0 Å². The summed E-state index contributed by atoms with van der Waals surface area (Å²) >= 11 is 0.